The zero-order valence-electron chi connectivity index (χ0n) is 15.7. The van der Waals surface area contributed by atoms with Gasteiger partial charge in [0.2, 0.25) is 0 Å². The van der Waals surface area contributed by atoms with E-state index in [1.54, 1.807) is 66.7 Å². The maximum atomic E-state index is 12.6. The van der Waals surface area contributed by atoms with Crippen LogP contribution in [0.1, 0.15) is 43.6 Å². The first kappa shape index (κ1) is 19.0. The molecule has 3 rings (SSSR count). The van der Waals surface area contributed by atoms with Crippen molar-refractivity contribution >= 4 is 29.0 Å². The van der Waals surface area contributed by atoms with Crippen molar-refractivity contribution in [3.05, 3.63) is 95.1 Å². The van der Waals surface area contributed by atoms with Crippen molar-refractivity contribution in [3.8, 4) is 0 Å². The molecule has 2 amide bonds. The fraction of sp³-hybridized carbons (Fsp3) is 0.0870. The summed E-state index contributed by atoms with van der Waals surface area (Å²) >= 11 is 0. The largest absolute Gasteiger partial charge is 0.322 e. The summed E-state index contributed by atoms with van der Waals surface area (Å²) in [5, 5.41) is 5.63. The zero-order chi connectivity index (χ0) is 20.1. The van der Waals surface area contributed by atoms with Crippen LogP contribution >= 0.6 is 0 Å². The Morgan fingerprint density at radius 3 is 2.07 bits per heavy atom. The Balaban J connectivity index is 1.78. The fourth-order valence-electron chi connectivity index (χ4n) is 2.70. The predicted octanol–water partition coefficient (Wildman–Crippen LogP) is 4.70. The van der Waals surface area contributed by atoms with Gasteiger partial charge in [-0.05, 0) is 55.8 Å². The number of Topliss-reactive ketones (excluding diaryl/α,β-unsaturated/α-hetero) is 1. The van der Waals surface area contributed by atoms with E-state index in [1.165, 1.54) is 6.92 Å². The highest BCUT2D eigenvalue weighted by Crippen LogP contribution is 2.20. The van der Waals surface area contributed by atoms with Gasteiger partial charge in [-0.25, -0.2) is 0 Å². The molecule has 3 aromatic carbocycles. The molecule has 0 heterocycles. The molecule has 3 aromatic rings. The Morgan fingerprint density at radius 1 is 0.679 bits per heavy atom. The van der Waals surface area contributed by atoms with E-state index < -0.39 is 0 Å². The summed E-state index contributed by atoms with van der Waals surface area (Å²) in [6, 6.07) is 20.7. The minimum Gasteiger partial charge on any atom is -0.322 e. The van der Waals surface area contributed by atoms with Gasteiger partial charge < -0.3 is 10.6 Å². The van der Waals surface area contributed by atoms with Crippen molar-refractivity contribution in [2.24, 2.45) is 0 Å². The number of carbonyl (C=O) groups excluding carboxylic acids is 3. The molecule has 5 heteroatoms. The number of aryl methyl sites for hydroxylation is 1. The summed E-state index contributed by atoms with van der Waals surface area (Å²) in [6.45, 7) is 3.33. The number of hydrogen-bond acceptors (Lipinski definition) is 3. The number of benzene rings is 3. The summed E-state index contributed by atoms with van der Waals surface area (Å²) in [5.74, 6) is -0.635. The van der Waals surface area contributed by atoms with Gasteiger partial charge in [0, 0.05) is 28.1 Å². The van der Waals surface area contributed by atoms with Crippen LogP contribution in [0, 0.1) is 6.92 Å². The number of anilines is 2. The van der Waals surface area contributed by atoms with Gasteiger partial charge in [-0.3, -0.25) is 14.4 Å². The van der Waals surface area contributed by atoms with E-state index in [-0.39, 0.29) is 17.6 Å². The minimum absolute atomic E-state index is 0.0719. The highest BCUT2D eigenvalue weighted by atomic mass is 16.2. The van der Waals surface area contributed by atoms with Crippen molar-refractivity contribution in [2.45, 2.75) is 13.8 Å². The number of nitrogens with one attached hydrogen (secondary N) is 2. The van der Waals surface area contributed by atoms with Crippen LogP contribution in [0.3, 0.4) is 0 Å². The molecule has 0 fully saturated rings. The normalized spacial score (nSPS) is 10.2. The lowest BCUT2D eigenvalue weighted by Crippen LogP contribution is -2.15. The molecule has 0 saturated heterocycles. The third kappa shape index (κ3) is 4.51. The SMILES string of the molecule is CC(=O)c1cccc(NC(=O)c2ccc(C)c(NC(=O)c3ccccc3)c2)c1. The fourth-order valence-corrected chi connectivity index (χ4v) is 2.70. The number of ketones is 1. The van der Waals surface area contributed by atoms with Crippen LogP contribution in [0.5, 0.6) is 0 Å². The van der Waals surface area contributed by atoms with E-state index in [9.17, 15) is 14.4 Å². The first-order valence-electron chi connectivity index (χ1n) is 8.83. The summed E-state index contributed by atoms with van der Waals surface area (Å²) in [4.78, 5) is 36.5. The average Bonchev–Trinajstić information content (AvgIpc) is 2.70. The van der Waals surface area contributed by atoms with Gasteiger partial charge in [0.05, 0.1) is 0 Å². The quantitative estimate of drug-likeness (QED) is 0.637. The third-order valence-electron chi connectivity index (χ3n) is 4.31. The van der Waals surface area contributed by atoms with Gasteiger partial charge in [0.25, 0.3) is 11.8 Å². The van der Waals surface area contributed by atoms with E-state index in [1.807, 2.05) is 13.0 Å². The molecule has 0 aliphatic rings. The van der Waals surface area contributed by atoms with Crippen molar-refractivity contribution < 1.29 is 14.4 Å². The summed E-state index contributed by atoms with van der Waals surface area (Å²) in [5.41, 5.74) is 3.42. The molecule has 140 valence electrons. The van der Waals surface area contributed by atoms with Gasteiger partial charge in [-0.2, -0.15) is 0 Å². The van der Waals surface area contributed by atoms with Crippen LogP contribution in [0.2, 0.25) is 0 Å². The van der Waals surface area contributed by atoms with E-state index >= 15 is 0 Å². The molecule has 2 N–H and O–H groups in total. The van der Waals surface area contributed by atoms with Crippen molar-refractivity contribution in [1.29, 1.82) is 0 Å². The highest BCUT2D eigenvalue weighted by molar-refractivity contribution is 6.08. The van der Waals surface area contributed by atoms with Crippen LogP contribution in [0.15, 0.2) is 72.8 Å². The monoisotopic (exact) mass is 372 g/mol. The van der Waals surface area contributed by atoms with E-state index in [2.05, 4.69) is 10.6 Å². The lowest BCUT2D eigenvalue weighted by Gasteiger charge is -2.11. The van der Waals surface area contributed by atoms with E-state index in [4.69, 9.17) is 0 Å². The van der Waals surface area contributed by atoms with E-state index in [0.29, 0.717) is 28.1 Å². The van der Waals surface area contributed by atoms with Gasteiger partial charge in [-0.1, -0.05) is 36.4 Å². The maximum absolute atomic E-state index is 12.6. The molecule has 0 saturated carbocycles. The second-order valence-corrected chi connectivity index (χ2v) is 6.44. The minimum atomic E-state index is -0.323. The first-order valence-corrected chi connectivity index (χ1v) is 8.83. The summed E-state index contributed by atoms with van der Waals surface area (Å²) in [6.07, 6.45) is 0. The molecule has 0 atom stereocenters. The van der Waals surface area contributed by atoms with Gasteiger partial charge in [0.15, 0.2) is 5.78 Å². The topological polar surface area (TPSA) is 75.3 Å². The first-order chi connectivity index (χ1) is 13.4. The smallest absolute Gasteiger partial charge is 0.255 e. The molecule has 0 aliphatic carbocycles. The Hall–Kier alpha value is -3.73. The third-order valence-corrected chi connectivity index (χ3v) is 4.31. The van der Waals surface area contributed by atoms with Gasteiger partial charge in [-0.15, -0.1) is 0 Å². The molecule has 28 heavy (non-hydrogen) atoms. The predicted molar refractivity (Wildman–Crippen MR) is 110 cm³/mol. The number of rotatable bonds is 5. The van der Waals surface area contributed by atoms with Crippen LogP contribution in [-0.4, -0.2) is 17.6 Å². The van der Waals surface area contributed by atoms with Crippen molar-refractivity contribution in [1.82, 2.24) is 0 Å². The maximum Gasteiger partial charge on any atom is 0.255 e. The van der Waals surface area contributed by atoms with Crippen LogP contribution in [0.4, 0.5) is 11.4 Å². The molecule has 0 aliphatic heterocycles. The van der Waals surface area contributed by atoms with E-state index in [0.717, 1.165) is 5.56 Å². The zero-order valence-corrected chi connectivity index (χ0v) is 15.7. The molecular formula is C23H20N2O3. The molecule has 0 spiro atoms. The molecule has 0 bridgehead atoms. The Morgan fingerprint density at radius 2 is 1.36 bits per heavy atom. The molecule has 0 unspecified atom stereocenters. The molecule has 0 aromatic heterocycles. The lowest BCUT2D eigenvalue weighted by atomic mass is 10.1. The van der Waals surface area contributed by atoms with Gasteiger partial charge in [0.1, 0.15) is 0 Å². The number of hydrogen-bond donors (Lipinski definition) is 2. The molecule has 5 nitrogen and oxygen atoms in total. The number of amides is 2. The highest BCUT2D eigenvalue weighted by Gasteiger charge is 2.12. The van der Waals surface area contributed by atoms with Crippen LogP contribution < -0.4 is 10.6 Å². The average molecular weight is 372 g/mol. The van der Waals surface area contributed by atoms with Crippen molar-refractivity contribution in [3.63, 3.8) is 0 Å². The Labute approximate surface area is 163 Å². The molecule has 0 radical (unpaired) electrons. The Kier molecular flexibility index (Phi) is 5.65. The number of carbonyl (C=O) groups is 3. The standard InChI is InChI=1S/C23H20N2O3/c1-15-11-12-19(14-21(15)25-22(27)17-7-4-3-5-8-17)23(28)24-20-10-6-9-18(13-20)16(2)26/h3-14H,1-2H3,(H,24,28)(H,25,27). The summed E-state index contributed by atoms with van der Waals surface area (Å²) in [7, 11) is 0. The van der Waals surface area contributed by atoms with Gasteiger partial charge >= 0.3 is 0 Å². The van der Waals surface area contributed by atoms with Crippen LogP contribution in [0.25, 0.3) is 0 Å². The lowest BCUT2D eigenvalue weighted by molar-refractivity contribution is 0.101. The van der Waals surface area contributed by atoms with Crippen LogP contribution in [-0.2, 0) is 0 Å². The summed E-state index contributed by atoms with van der Waals surface area (Å²) < 4.78 is 0. The van der Waals surface area contributed by atoms with Crippen molar-refractivity contribution in [2.75, 3.05) is 10.6 Å². The second-order valence-electron chi connectivity index (χ2n) is 6.44. The second kappa shape index (κ2) is 8.31. The molecular weight excluding hydrogens is 352 g/mol. The Bertz CT molecular complexity index is 1040.